The number of rotatable bonds is 8. The Morgan fingerprint density at radius 2 is 1.95 bits per heavy atom. The molecule has 1 atom stereocenters. The second kappa shape index (κ2) is 8.25. The molecule has 1 fully saturated rings. The van der Waals surface area contributed by atoms with Gasteiger partial charge in [-0.15, -0.1) is 0 Å². The monoisotopic (exact) mass is 294 g/mol. The predicted molar refractivity (Wildman–Crippen MR) is 81.6 cm³/mol. The van der Waals surface area contributed by atoms with Gasteiger partial charge in [-0.25, -0.2) is 0 Å². The molecule has 1 aliphatic carbocycles. The lowest BCUT2D eigenvalue weighted by molar-refractivity contribution is 0.0838. The zero-order chi connectivity index (χ0) is 15.1. The van der Waals surface area contributed by atoms with Gasteiger partial charge in [0.2, 0.25) is 0 Å². The highest BCUT2D eigenvalue weighted by Gasteiger charge is 2.19. The summed E-state index contributed by atoms with van der Waals surface area (Å²) >= 11 is 0. The summed E-state index contributed by atoms with van der Waals surface area (Å²) < 4.78 is 11.2. The fourth-order valence-electron chi connectivity index (χ4n) is 2.92. The zero-order valence-electron chi connectivity index (χ0n) is 12.8. The van der Waals surface area contributed by atoms with Crippen LogP contribution in [-0.4, -0.2) is 29.5 Å². The van der Waals surface area contributed by atoms with Crippen molar-refractivity contribution in [1.82, 2.24) is 0 Å². The van der Waals surface area contributed by atoms with Crippen LogP contribution in [0.25, 0.3) is 0 Å². The van der Waals surface area contributed by atoms with E-state index < -0.39 is 6.10 Å². The summed E-state index contributed by atoms with van der Waals surface area (Å²) in [7, 11) is 0. The Bertz CT molecular complexity index is 427. The van der Waals surface area contributed by atoms with E-state index in [1.807, 2.05) is 6.92 Å². The van der Waals surface area contributed by atoms with Gasteiger partial charge in [0, 0.05) is 0 Å². The van der Waals surface area contributed by atoms with Crippen molar-refractivity contribution >= 4 is 0 Å². The Kier molecular flexibility index (Phi) is 6.33. The number of benzene rings is 1. The average molecular weight is 294 g/mol. The van der Waals surface area contributed by atoms with Gasteiger partial charge in [0.05, 0.1) is 19.3 Å². The summed E-state index contributed by atoms with van der Waals surface area (Å²) in [6.07, 6.45) is 5.42. The highest BCUT2D eigenvalue weighted by atomic mass is 16.5. The zero-order valence-corrected chi connectivity index (χ0v) is 12.8. The molecule has 0 spiro atoms. The molecule has 1 aliphatic rings. The molecular weight excluding hydrogens is 268 g/mol. The number of ether oxygens (including phenoxy) is 2. The van der Waals surface area contributed by atoms with E-state index in [9.17, 15) is 5.11 Å². The van der Waals surface area contributed by atoms with Crippen LogP contribution in [0.4, 0.5) is 0 Å². The first-order valence-corrected chi connectivity index (χ1v) is 7.90. The van der Waals surface area contributed by atoms with Crippen molar-refractivity contribution in [3.05, 3.63) is 23.8 Å². The van der Waals surface area contributed by atoms with E-state index in [0.717, 1.165) is 12.0 Å². The normalized spacial score (nSPS) is 16.9. The summed E-state index contributed by atoms with van der Waals surface area (Å²) in [6.45, 7) is 2.71. The molecule has 21 heavy (non-hydrogen) atoms. The Hall–Kier alpha value is -1.26. The van der Waals surface area contributed by atoms with Crippen molar-refractivity contribution in [3.63, 3.8) is 0 Å². The highest BCUT2D eigenvalue weighted by molar-refractivity contribution is 5.42. The van der Waals surface area contributed by atoms with E-state index in [1.54, 1.807) is 18.2 Å². The third kappa shape index (κ3) is 4.90. The van der Waals surface area contributed by atoms with Crippen molar-refractivity contribution in [1.29, 1.82) is 0 Å². The van der Waals surface area contributed by atoms with Crippen LogP contribution in [0.3, 0.4) is 0 Å². The maximum atomic E-state index is 10.1. The summed E-state index contributed by atoms with van der Waals surface area (Å²) in [6, 6.07) is 5.38. The molecule has 2 N–H and O–H groups in total. The minimum absolute atomic E-state index is 0.0232. The van der Waals surface area contributed by atoms with Gasteiger partial charge in [-0.05, 0) is 37.0 Å². The Balaban J connectivity index is 1.88. The third-order valence-corrected chi connectivity index (χ3v) is 4.00. The van der Waals surface area contributed by atoms with Crippen LogP contribution in [0.5, 0.6) is 11.5 Å². The molecule has 4 heteroatoms. The van der Waals surface area contributed by atoms with Gasteiger partial charge in [0.25, 0.3) is 0 Å². The Morgan fingerprint density at radius 1 is 1.19 bits per heavy atom. The molecule has 1 aromatic carbocycles. The summed E-state index contributed by atoms with van der Waals surface area (Å²) in [5.41, 5.74) is 0.789. The van der Waals surface area contributed by atoms with Gasteiger partial charge in [0.1, 0.15) is 6.61 Å². The van der Waals surface area contributed by atoms with Gasteiger partial charge in [-0.1, -0.05) is 31.7 Å². The Labute approximate surface area is 126 Å². The predicted octanol–water partition coefficient (Wildman–Crippen LogP) is 2.90. The standard InChI is InChI=1S/C17H26O4/c1-2-20-17-10-14(11-18)7-8-16(17)21-12-15(19)9-13-5-3-4-6-13/h7-8,10,13,15,18-19H,2-6,9,11-12H2,1H3. The SMILES string of the molecule is CCOc1cc(CO)ccc1OCC(O)CC1CCCC1. The lowest BCUT2D eigenvalue weighted by Gasteiger charge is -2.18. The van der Waals surface area contributed by atoms with Crippen molar-refractivity contribution in [3.8, 4) is 11.5 Å². The summed E-state index contributed by atoms with van der Waals surface area (Å²) in [5, 5.41) is 19.2. The molecular formula is C17H26O4. The van der Waals surface area contributed by atoms with Crippen LogP contribution in [0.2, 0.25) is 0 Å². The molecule has 0 heterocycles. The van der Waals surface area contributed by atoms with E-state index in [-0.39, 0.29) is 13.2 Å². The lowest BCUT2D eigenvalue weighted by atomic mass is 10.0. The highest BCUT2D eigenvalue weighted by Crippen LogP contribution is 2.31. The molecule has 4 nitrogen and oxygen atoms in total. The average Bonchev–Trinajstić information content (AvgIpc) is 2.99. The van der Waals surface area contributed by atoms with Gasteiger partial charge >= 0.3 is 0 Å². The lowest BCUT2D eigenvalue weighted by Crippen LogP contribution is -2.20. The summed E-state index contributed by atoms with van der Waals surface area (Å²) in [5.74, 6) is 1.89. The van der Waals surface area contributed by atoms with Gasteiger partial charge in [0.15, 0.2) is 11.5 Å². The van der Waals surface area contributed by atoms with Gasteiger partial charge in [-0.3, -0.25) is 0 Å². The van der Waals surface area contributed by atoms with E-state index in [2.05, 4.69) is 0 Å². The number of hydrogen-bond acceptors (Lipinski definition) is 4. The number of aliphatic hydroxyl groups excluding tert-OH is 2. The quantitative estimate of drug-likeness (QED) is 0.774. The second-order valence-electron chi connectivity index (χ2n) is 5.72. The number of aliphatic hydroxyl groups is 2. The molecule has 1 aromatic rings. The minimum Gasteiger partial charge on any atom is -0.490 e. The van der Waals surface area contributed by atoms with Crippen molar-refractivity contribution in [2.45, 2.75) is 51.7 Å². The first kappa shape index (κ1) is 16.1. The van der Waals surface area contributed by atoms with Crippen LogP contribution < -0.4 is 9.47 Å². The third-order valence-electron chi connectivity index (χ3n) is 4.00. The molecule has 0 radical (unpaired) electrons. The minimum atomic E-state index is -0.430. The van der Waals surface area contributed by atoms with Crippen LogP contribution in [0, 0.1) is 5.92 Å². The molecule has 0 aromatic heterocycles. The molecule has 1 saturated carbocycles. The molecule has 118 valence electrons. The molecule has 2 rings (SSSR count). The molecule has 0 aliphatic heterocycles. The van der Waals surface area contributed by atoms with E-state index in [0.29, 0.717) is 24.0 Å². The summed E-state index contributed by atoms with van der Waals surface area (Å²) in [4.78, 5) is 0. The molecule has 1 unspecified atom stereocenters. The van der Waals surface area contributed by atoms with Gasteiger partial charge in [-0.2, -0.15) is 0 Å². The maximum absolute atomic E-state index is 10.1. The van der Waals surface area contributed by atoms with Crippen molar-refractivity contribution in [2.24, 2.45) is 5.92 Å². The fraction of sp³-hybridized carbons (Fsp3) is 0.647. The first-order chi connectivity index (χ1) is 10.2. The smallest absolute Gasteiger partial charge is 0.161 e. The fourth-order valence-corrected chi connectivity index (χ4v) is 2.92. The molecule has 0 bridgehead atoms. The van der Waals surface area contributed by atoms with Crippen LogP contribution in [0.15, 0.2) is 18.2 Å². The molecule has 0 amide bonds. The second-order valence-corrected chi connectivity index (χ2v) is 5.72. The molecule has 0 saturated heterocycles. The van der Waals surface area contributed by atoms with E-state index >= 15 is 0 Å². The van der Waals surface area contributed by atoms with Crippen LogP contribution >= 0.6 is 0 Å². The number of hydrogen-bond donors (Lipinski definition) is 2. The van der Waals surface area contributed by atoms with Gasteiger partial charge < -0.3 is 19.7 Å². The van der Waals surface area contributed by atoms with Crippen LogP contribution in [-0.2, 0) is 6.61 Å². The van der Waals surface area contributed by atoms with E-state index in [4.69, 9.17) is 14.6 Å². The van der Waals surface area contributed by atoms with Crippen LogP contribution in [0.1, 0.15) is 44.6 Å². The maximum Gasteiger partial charge on any atom is 0.161 e. The van der Waals surface area contributed by atoms with Crippen molar-refractivity contribution in [2.75, 3.05) is 13.2 Å². The largest absolute Gasteiger partial charge is 0.490 e. The van der Waals surface area contributed by atoms with E-state index in [1.165, 1.54) is 25.7 Å². The van der Waals surface area contributed by atoms with Crippen molar-refractivity contribution < 1.29 is 19.7 Å². The Morgan fingerprint density at radius 3 is 2.62 bits per heavy atom. The topological polar surface area (TPSA) is 58.9 Å². The first-order valence-electron chi connectivity index (χ1n) is 7.90.